The standard InChI is InChI=1S/C27H38FN3O4S/c1-6-21(4)29-27(33)25(7-2)30(19-22-11-8-10-20(3)18-22)26(32)12-9-17-31(36(5,34)35)24-15-13-23(28)14-16-24/h8,10-11,13-16,18,21,25H,6-7,9,12,17,19H2,1-5H3,(H,29,33)/t21-,25+/m1/s1. The van der Waals surface area contributed by atoms with Crippen molar-refractivity contribution in [2.24, 2.45) is 0 Å². The van der Waals surface area contributed by atoms with Crippen molar-refractivity contribution in [1.29, 1.82) is 0 Å². The molecule has 198 valence electrons. The fourth-order valence-corrected chi connectivity index (χ4v) is 4.94. The molecule has 0 radical (unpaired) electrons. The molecule has 2 rings (SSSR count). The van der Waals surface area contributed by atoms with Gasteiger partial charge in [-0.2, -0.15) is 0 Å². The highest BCUT2D eigenvalue weighted by Crippen LogP contribution is 2.20. The molecule has 0 unspecified atom stereocenters. The van der Waals surface area contributed by atoms with E-state index in [4.69, 9.17) is 0 Å². The lowest BCUT2D eigenvalue weighted by atomic mass is 10.1. The number of nitrogens with one attached hydrogen (secondary N) is 1. The van der Waals surface area contributed by atoms with E-state index in [0.717, 1.165) is 28.1 Å². The molecule has 0 bridgehead atoms. The quantitative estimate of drug-likeness (QED) is 0.425. The Morgan fingerprint density at radius 1 is 1.06 bits per heavy atom. The van der Waals surface area contributed by atoms with Gasteiger partial charge in [-0.05, 0) is 62.9 Å². The van der Waals surface area contributed by atoms with E-state index in [1.165, 1.54) is 24.3 Å². The van der Waals surface area contributed by atoms with Crippen LogP contribution in [0.1, 0.15) is 57.6 Å². The Balaban J connectivity index is 2.22. The molecule has 0 saturated heterocycles. The zero-order valence-electron chi connectivity index (χ0n) is 21.8. The van der Waals surface area contributed by atoms with Crippen LogP contribution in [0.4, 0.5) is 10.1 Å². The van der Waals surface area contributed by atoms with E-state index >= 15 is 0 Å². The fourth-order valence-electron chi connectivity index (χ4n) is 3.98. The van der Waals surface area contributed by atoms with E-state index in [0.29, 0.717) is 12.1 Å². The van der Waals surface area contributed by atoms with Gasteiger partial charge in [-0.1, -0.05) is 43.7 Å². The lowest BCUT2D eigenvalue weighted by Gasteiger charge is -2.32. The molecule has 2 amide bonds. The van der Waals surface area contributed by atoms with Gasteiger partial charge in [0.15, 0.2) is 0 Å². The van der Waals surface area contributed by atoms with Crippen molar-refractivity contribution < 1.29 is 22.4 Å². The van der Waals surface area contributed by atoms with Crippen LogP contribution >= 0.6 is 0 Å². The molecular formula is C27H38FN3O4S. The SMILES string of the molecule is CC[C@@H](C)NC(=O)[C@H](CC)N(Cc1cccc(C)c1)C(=O)CCCN(c1ccc(F)cc1)S(C)(=O)=O. The van der Waals surface area contributed by atoms with Crippen molar-refractivity contribution in [2.75, 3.05) is 17.1 Å². The van der Waals surface area contributed by atoms with Gasteiger partial charge in [-0.15, -0.1) is 0 Å². The monoisotopic (exact) mass is 519 g/mol. The number of amides is 2. The van der Waals surface area contributed by atoms with Crippen LogP contribution < -0.4 is 9.62 Å². The van der Waals surface area contributed by atoms with Crippen LogP contribution in [0.15, 0.2) is 48.5 Å². The summed E-state index contributed by atoms with van der Waals surface area (Å²) in [6.45, 7) is 8.09. The summed E-state index contributed by atoms with van der Waals surface area (Å²) in [7, 11) is -3.63. The van der Waals surface area contributed by atoms with Gasteiger partial charge in [0.1, 0.15) is 11.9 Å². The zero-order valence-corrected chi connectivity index (χ0v) is 22.6. The van der Waals surface area contributed by atoms with Gasteiger partial charge in [0.2, 0.25) is 21.8 Å². The van der Waals surface area contributed by atoms with E-state index < -0.39 is 21.9 Å². The lowest BCUT2D eigenvalue weighted by Crippen LogP contribution is -2.50. The van der Waals surface area contributed by atoms with Gasteiger partial charge in [0, 0.05) is 25.6 Å². The highest BCUT2D eigenvalue weighted by Gasteiger charge is 2.29. The van der Waals surface area contributed by atoms with Crippen LogP contribution in [-0.4, -0.2) is 50.0 Å². The van der Waals surface area contributed by atoms with Gasteiger partial charge in [0.05, 0.1) is 11.9 Å². The first-order valence-corrected chi connectivity index (χ1v) is 14.2. The van der Waals surface area contributed by atoms with E-state index in [1.54, 1.807) is 4.90 Å². The lowest BCUT2D eigenvalue weighted by molar-refractivity contribution is -0.141. The first kappa shape index (κ1) is 29.3. The molecule has 2 aromatic carbocycles. The summed E-state index contributed by atoms with van der Waals surface area (Å²) < 4.78 is 39.2. The summed E-state index contributed by atoms with van der Waals surface area (Å²) in [6, 6.07) is 12.3. The summed E-state index contributed by atoms with van der Waals surface area (Å²) >= 11 is 0. The first-order chi connectivity index (χ1) is 17.0. The molecule has 7 nitrogen and oxygen atoms in total. The zero-order chi connectivity index (χ0) is 26.9. The molecule has 0 heterocycles. The molecule has 1 N–H and O–H groups in total. The molecule has 2 atom stereocenters. The largest absolute Gasteiger partial charge is 0.352 e. The maximum absolute atomic E-state index is 13.4. The molecule has 0 spiro atoms. The normalized spacial score (nSPS) is 13.1. The molecule has 0 aliphatic carbocycles. The second-order valence-electron chi connectivity index (χ2n) is 9.17. The molecule has 36 heavy (non-hydrogen) atoms. The summed E-state index contributed by atoms with van der Waals surface area (Å²) in [5.41, 5.74) is 2.31. The third-order valence-corrected chi connectivity index (χ3v) is 7.28. The molecule has 0 aliphatic heterocycles. The Morgan fingerprint density at radius 2 is 1.72 bits per heavy atom. The maximum Gasteiger partial charge on any atom is 0.243 e. The second-order valence-corrected chi connectivity index (χ2v) is 11.1. The average molecular weight is 520 g/mol. The minimum absolute atomic E-state index is 0.0125. The van der Waals surface area contributed by atoms with Crippen LogP contribution in [-0.2, 0) is 26.2 Å². The summed E-state index contributed by atoms with van der Waals surface area (Å²) in [5.74, 6) is -0.886. The number of anilines is 1. The summed E-state index contributed by atoms with van der Waals surface area (Å²) in [6.07, 6.45) is 2.61. The van der Waals surface area contributed by atoms with Crippen molar-refractivity contribution >= 4 is 27.5 Å². The van der Waals surface area contributed by atoms with Crippen molar-refractivity contribution in [3.05, 3.63) is 65.5 Å². The van der Waals surface area contributed by atoms with E-state index in [-0.39, 0.29) is 43.8 Å². The van der Waals surface area contributed by atoms with E-state index in [1.807, 2.05) is 52.0 Å². The number of aryl methyl sites for hydroxylation is 1. The molecule has 0 fully saturated rings. The molecule has 0 aliphatic rings. The number of hydrogen-bond donors (Lipinski definition) is 1. The molecule has 0 saturated carbocycles. The van der Waals surface area contributed by atoms with Crippen LogP contribution in [0.2, 0.25) is 0 Å². The van der Waals surface area contributed by atoms with Crippen LogP contribution in [0, 0.1) is 12.7 Å². The molecule has 2 aromatic rings. The minimum atomic E-state index is -3.63. The van der Waals surface area contributed by atoms with Crippen molar-refractivity contribution in [2.45, 2.75) is 72.0 Å². The highest BCUT2D eigenvalue weighted by atomic mass is 32.2. The Labute approximate surface area is 214 Å². The number of benzene rings is 2. The third-order valence-electron chi connectivity index (χ3n) is 6.09. The first-order valence-electron chi connectivity index (χ1n) is 12.3. The van der Waals surface area contributed by atoms with E-state index in [9.17, 15) is 22.4 Å². The summed E-state index contributed by atoms with van der Waals surface area (Å²) in [5, 5.41) is 2.98. The molecule has 0 aromatic heterocycles. The number of rotatable bonds is 13. The third kappa shape index (κ3) is 8.62. The van der Waals surface area contributed by atoms with E-state index in [2.05, 4.69) is 5.32 Å². The van der Waals surface area contributed by atoms with Gasteiger partial charge < -0.3 is 10.2 Å². The highest BCUT2D eigenvalue weighted by molar-refractivity contribution is 7.92. The smallest absolute Gasteiger partial charge is 0.243 e. The second kappa shape index (κ2) is 13.4. The Morgan fingerprint density at radius 3 is 2.28 bits per heavy atom. The average Bonchev–Trinajstić information content (AvgIpc) is 2.81. The van der Waals surface area contributed by atoms with Crippen LogP contribution in [0.3, 0.4) is 0 Å². The summed E-state index contributed by atoms with van der Waals surface area (Å²) in [4.78, 5) is 28.1. The number of carbonyl (C=O) groups excluding carboxylic acids is 2. The number of halogens is 1. The van der Waals surface area contributed by atoms with Crippen LogP contribution in [0.25, 0.3) is 0 Å². The Kier molecular flexibility index (Phi) is 10.9. The molecule has 9 heteroatoms. The van der Waals surface area contributed by atoms with Gasteiger partial charge >= 0.3 is 0 Å². The van der Waals surface area contributed by atoms with Crippen molar-refractivity contribution in [3.8, 4) is 0 Å². The Hall–Kier alpha value is -2.94. The van der Waals surface area contributed by atoms with Crippen LogP contribution in [0.5, 0.6) is 0 Å². The van der Waals surface area contributed by atoms with Gasteiger partial charge in [0.25, 0.3) is 0 Å². The number of hydrogen-bond acceptors (Lipinski definition) is 4. The number of sulfonamides is 1. The van der Waals surface area contributed by atoms with Crippen molar-refractivity contribution in [3.63, 3.8) is 0 Å². The van der Waals surface area contributed by atoms with Crippen molar-refractivity contribution in [1.82, 2.24) is 10.2 Å². The van der Waals surface area contributed by atoms with Gasteiger partial charge in [-0.25, -0.2) is 12.8 Å². The predicted molar refractivity (Wildman–Crippen MR) is 142 cm³/mol. The topological polar surface area (TPSA) is 86.8 Å². The number of carbonyl (C=O) groups is 2. The fraction of sp³-hybridized carbons (Fsp3) is 0.481. The predicted octanol–water partition coefficient (Wildman–Crippen LogP) is 4.40. The number of nitrogens with zero attached hydrogens (tertiary/aromatic N) is 2. The van der Waals surface area contributed by atoms with Gasteiger partial charge in [-0.3, -0.25) is 13.9 Å². The Bertz CT molecular complexity index is 1120. The molecular weight excluding hydrogens is 481 g/mol. The maximum atomic E-state index is 13.4. The minimum Gasteiger partial charge on any atom is -0.352 e.